The van der Waals surface area contributed by atoms with Gasteiger partial charge in [-0.05, 0) is 29.8 Å². The number of methoxy groups -OCH3 is 1. The number of hydrogen-bond acceptors (Lipinski definition) is 7. The van der Waals surface area contributed by atoms with Crippen LogP contribution in [0, 0.1) is 11.8 Å². The molecule has 1 atom stereocenters. The van der Waals surface area contributed by atoms with Crippen LogP contribution >= 0.6 is 0 Å². The first-order valence-corrected chi connectivity index (χ1v) is 10.9. The van der Waals surface area contributed by atoms with E-state index in [4.69, 9.17) is 9.47 Å². The molecule has 3 aliphatic heterocycles. The molecule has 4 heterocycles. The van der Waals surface area contributed by atoms with E-state index >= 15 is 0 Å². The van der Waals surface area contributed by atoms with Gasteiger partial charge in [-0.25, -0.2) is 9.78 Å². The van der Waals surface area contributed by atoms with Crippen LogP contribution in [0.3, 0.4) is 0 Å². The molecule has 4 amide bonds. The number of pyridine rings is 1. The zero-order valence-corrected chi connectivity index (χ0v) is 18.6. The molecule has 0 aliphatic carbocycles. The van der Waals surface area contributed by atoms with E-state index in [0.29, 0.717) is 36.6 Å². The summed E-state index contributed by atoms with van der Waals surface area (Å²) in [7, 11) is 1.53. The van der Waals surface area contributed by atoms with Crippen LogP contribution in [-0.4, -0.2) is 73.2 Å². The van der Waals surface area contributed by atoms with Gasteiger partial charge in [0.25, 0.3) is 11.8 Å². The topological polar surface area (TPSA) is 113 Å². The highest BCUT2D eigenvalue weighted by atomic mass is 16.5. The third-order valence-corrected chi connectivity index (χ3v) is 6.07. The summed E-state index contributed by atoms with van der Waals surface area (Å²) < 4.78 is 10.6. The van der Waals surface area contributed by atoms with Crippen molar-refractivity contribution < 1.29 is 23.9 Å². The standard InChI is InChI=1S/C24H23N5O5/c1-33-18-4-3-17-14-29(21(30)19(17)12-18)15-24(22(31)26-23(32)27-24)7-6-16-2-5-20(25-13-16)28-8-10-34-11-9-28/h2-5,12-13H,8-11,14-15H2,1H3,(H2,26,27,31,32)/t24-/m1/s1. The van der Waals surface area contributed by atoms with Crippen LogP contribution in [0.5, 0.6) is 5.75 Å². The van der Waals surface area contributed by atoms with Crippen molar-refractivity contribution in [2.24, 2.45) is 0 Å². The van der Waals surface area contributed by atoms with Gasteiger partial charge in [0.15, 0.2) is 0 Å². The predicted octanol–water partition coefficient (Wildman–Crippen LogP) is 0.513. The highest BCUT2D eigenvalue weighted by Gasteiger charge is 2.48. The van der Waals surface area contributed by atoms with E-state index in [2.05, 4.69) is 32.4 Å². The number of carbonyl (C=O) groups is 3. The number of aromatic nitrogens is 1. The Morgan fingerprint density at radius 2 is 2.00 bits per heavy atom. The van der Waals surface area contributed by atoms with Gasteiger partial charge in [0.2, 0.25) is 5.54 Å². The smallest absolute Gasteiger partial charge is 0.323 e. The van der Waals surface area contributed by atoms with Crippen LogP contribution in [0.2, 0.25) is 0 Å². The molecule has 1 aromatic heterocycles. The number of hydrogen-bond donors (Lipinski definition) is 2. The molecule has 34 heavy (non-hydrogen) atoms. The molecule has 0 spiro atoms. The maximum absolute atomic E-state index is 13.0. The first kappa shape index (κ1) is 21.7. The molecule has 10 heteroatoms. The number of imide groups is 1. The molecule has 0 unspecified atom stereocenters. The summed E-state index contributed by atoms with van der Waals surface area (Å²) in [5, 5.41) is 4.85. The molecule has 5 rings (SSSR count). The van der Waals surface area contributed by atoms with Crippen molar-refractivity contribution in [3.05, 3.63) is 53.2 Å². The van der Waals surface area contributed by atoms with Gasteiger partial charge in [-0.1, -0.05) is 17.9 Å². The van der Waals surface area contributed by atoms with Crippen LogP contribution in [-0.2, 0) is 16.1 Å². The van der Waals surface area contributed by atoms with Crippen molar-refractivity contribution in [2.45, 2.75) is 12.1 Å². The number of nitrogens with one attached hydrogen (secondary N) is 2. The lowest BCUT2D eigenvalue weighted by atomic mass is 9.99. The number of urea groups is 1. The Labute approximate surface area is 196 Å². The van der Waals surface area contributed by atoms with Crippen molar-refractivity contribution >= 4 is 23.7 Å². The molecule has 10 nitrogen and oxygen atoms in total. The van der Waals surface area contributed by atoms with E-state index in [9.17, 15) is 14.4 Å². The van der Waals surface area contributed by atoms with Crippen molar-refractivity contribution in [1.29, 1.82) is 0 Å². The normalized spacial score (nSPS) is 21.5. The molecule has 2 aromatic rings. The zero-order chi connectivity index (χ0) is 23.7. The van der Waals surface area contributed by atoms with Gasteiger partial charge in [0.05, 0.1) is 26.9 Å². The largest absolute Gasteiger partial charge is 0.497 e. The second-order valence-corrected chi connectivity index (χ2v) is 8.25. The van der Waals surface area contributed by atoms with Gasteiger partial charge in [-0.15, -0.1) is 0 Å². The van der Waals surface area contributed by atoms with E-state index < -0.39 is 17.5 Å². The summed E-state index contributed by atoms with van der Waals surface area (Å²) in [6.07, 6.45) is 1.63. The number of carbonyl (C=O) groups excluding carboxylic acids is 3. The summed E-state index contributed by atoms with van der Waals surface area (Å²) in [5.41, 5.74) is 0.351. The van der Waals surface area contributed by atoms with Crippen LogP contribution in [0.25, 0.3) is 0 Å². The molecule has 1 aromatic carbocycles. The van der Waals surface area contributed by atoms with Gasteiger partial charge >= 0.3 is 6.03 Å². The molecule has 0 bridgehead atoms. The summed E-state index contributed by atoms with van der Waals surface area (Å²) in [6, 6.07) is 8.30. The first-order chi connectivity index (χ1) is 16.5. The fourth-order valence-electron chi connectivity index (χ4n) is 4.23. The highest BCUT2D eigenvalue weighted by molar-refractivity contribution is 6.10. The Morgan fingerprint density at radius 3 is 2.68 bits per heavy atom. The quantitative estimate of drug-likeness (QED) is 0.504. The van der Waals surface area contributed by atoms with E-state index in [1.54, 1.807) is 18.3 Å². The van der Waals surface area contributed by atoms with E-state index in [1.807, 2.05) is 18.2 Å². The predicted molar refractivity (Wildman–Crippen MR) is 121 cm³/mol. The van der Waals surface area contributed by atoms with Gasteiger partial charge in [0.1, 0.15) is 11.6 Å². The number of morpholine rings is 1. The lowest BCUT2D eigenvalue weighted by Crippen LogP contribution is -2.54. The Balaban J connectivity index is 1.38. The van der Waals surface area contributed by atoms with Crippen LogP contribution < -0.4 is 20.3 Å². The number of amides is 4. The Morgan fingerprint density at radius 1 is 1.18 bits per heavy atom. The maximum atomic E-state index is 13.0. The van der Waals surface area contributed by atoms with Gasteiger partial charge in [-0.2, -0.15) is 0 Å². The SMILES string of the molecule is COc1ccc2c(c1)C(=O)N(C[C@@]1(C#Cc3ccc(N4CCOCC4)nc3)NC(=O)NC1=O)C2. The minimum atomic E-state index is -1.57. The fourth-order valence-corrected chi connectivity index (χ4v) is 4.23. The van der Waals surface area contributed by atoms with Crippen molar-refractivity contribution in [3.8, 4) is 17.6 Å². The van der Waals surface area contributed by atoms with E-state index in [-0.39, 0.29) is 12.5 Å². The fraction of sp³-hybridized carbons (Fsp3) is 0.333. The number of ether oxygens (including phenoxy) is 2. The Hall–Kier alpha value is -4.10. The second kappa shape index (κ2) is 8.68. The van der Waals surface area contributed by atoms with Crippen molar-refractivity contribution in [1.82, 2.24) is 20.5 Å². The molecule has 2 saturated heterocycles. The van der Waals surface area contributed by atoms with Crippen molar-refractivity contribution in [2.75, 3.05) is 44.9 Å². The monoisotopic (exact) mass is 461 g/mol. The van der Waals surface area contributed by atoms with Gasteiger partial charge in [-0.3, -0.25) is 14.9 Å². The minimum Gasteiger partial charge on any atom is -0.497 e. The molecule has 174 valence electrons. The average Bonchev–Trinajstić information content (AvgIpc) is 3.32. The lowest BCUT2D eigenvalue weighted by molar-refractivity contribution is -0.122. The Bertz CT molecular complexity index is 1210. The molecule has 2 fully saturated rings. The first-order valence-electron chi connectivity index (χ1n) is 10.9. The van der Waals surface area contributed by atoms with Gasteiger partial charge < -0.3 is 24.6 Å². The van der Waals surface area contributed by atoms with E-state index in [1.165, 1.54) is 12.0 Å². The Kier molecular flexibility index (Phi) is 5.55. The third-order valence-electron chi connectivity index (χ3n) is 6.07. The van der Waals surface area contributed by atoms with Crippen molar-refractivity contribution in [3.63, 3.8) is 0 Å². The second-order valence-electron chi connectivity index (χ2n) is 8.25. The molecule has 0 saturated carbocycles. The average molecular weight is 461 g/mol. The molecular weight excluding hydrogens is 438 g/mol. The van der Waals surface area contributed by atoms with Crippen LogP contribution in [0.15, 0.2) is 36.5 Å². The number of rotatable bonds is 4. The zero-order valence-electron chi connectivity index (χ0n) is 18.6. The summed E-state index contributed by atoms with van der Waals surface area (Å²) in [4.78, 5) is 45.9. The highest BCUT2D eigenvalue weighted by Crippen LogP contribution is 2.28. The maximum Gasteiger partial charge on any atom is 0.323 e. The third kappa shape index (κ3) is 4.02. The molecular formula is C24H23N5O5. The lowest BCUT2D eigenvalue weighted by Gasteiger charge is -2.27. The van der Waals surface area contributed by atoms with Crippen LogP contribution in [0.4, 0.5) is 10.6 Å². The number of fused-ring (bicyclic) bond motifs is 1. The molecule has 2 N–H and O–H groups in total. The van der Waals surface area contributed by atoms with Gasteiger partial charge in [0, 0.05) is 37.0 Å². The summed E-state index contributed by atoms with van der Waals surface area (Å²) in [5.74, 6) is 6.40. The van der Waals surface area contributed by atoms with Crippen LogP contribution in [0.1, 0.15) is 21.5 Å². The number of anilines is 1. The molecule has 0 radical (unpaired) electrons. The summed E-state index contributed by atoms with van der Waals surface area (Å²) >= 11 is 0. The summed E-state index contributed by atoms with van der Waals surface area (Å²) in [6.45, 7) is 3.07. The number of nitrogens with zero attached hydrogens (tertiary/aromatic N) is 3. The minimum absolute atomic E-state index is 0.0906. The van der Waals surface area contributed by atoms with E-state index in [0.717, 1.165) is 24.5 Å². The molecule has 3 aliphatic rings. The number of benzene rings is 1.